The zero-order valence-electron chi connectivity index (χ0n) is 7.88. The van der Waals surface area contributed by atoms with Gasteiger partial charge in [0.05, 0.1) is 9.52 Å². The van der Waals surface area contributed by atoms with Gasteiger partial charge in [-0.3, -0.25) is 0 Å². The lowest BCUT2D eigenvalue weighted by Crippen LogP contribution is -2.20. The van der Waals surface area contributed by atoms with Crippen molar-refractivity contribution in [1.29, 1.82) is 0 Å². The number of hydrogen-bond acceptors (Lipinski definition) is 0. The fourth-order valence-corrected chi connectivity index (χ4v) is 2.70. The average molecular weight is 194 g/mol. The van der Waals surface area contributed by atoms with Crippen LogP contribution in [0.1, 0.15) is 11.1 Å². The number of rotatable bonds is 2. The van der Waals surface area contributed by atoms with Gasteiger partial charge in [-0.15, -0.1) is 25.2 Å². The molecule has 0 nitrogen and oxygen atoms in total. The van der Waals surface area contributed by atoms with Crippen molar-refractivity contribution < 1.29 is 0 Å². The van der Waals surface area contributed by atoms with Gasteiger partial charge in [0.15, 0.2) is 0 Å². The van der Waals surface area contributed by atoms with Crippen LogP contribution in [0, 0.1) is 37.0 Å². The summed E-state index contributed by atoms with van der Waals surface area (Å²) in [5.74, 6) is 7.94. The molecule has 0 atom stereocenters. The van der Waals surface area contributed by atoms with Gasteiger partial charge in [-0.1, -0.05) is 17.9 Å². The normalized spacial score (nSPS) is 9.21. The smallest absolute Gasteiger partial charge is 0.0711 e. The Balaban J connectivity index is 3.17. The molecule has 0 aliphatic heterocycles. The van der Waals surface area contributed by atoms with Crippen molar-refractivity contribution >= 4 is 14.7 Å². The molecule has 0 spiro atoms. The van der Waals surface area contributed by atoms with E-state index < -0.39 is 9.52 Å². The van der Waals surface area contributed by atoms with E-state index in [1.54, 1.807) is 0 Å². The molecule has 0 aliphatic carbocycles. The van der Waals surface area contributed by atoms with E-state index >= 15 is 0 Å². The molecule has 14 heavy (non-hydrogen) atoms. The molecule has 0 radical (unpaired) electrons. The van der Waals surface area contributed by atoms with Crippen molar-refractivity contribution in [3.8, 4) is 37.0 Å². The summed E-state index contributed by atoms with van der Waals surface area (Å²) in [5.41, 5.74) is 1.81. The van der Waals surface area contributed by atoms with E-state index in [4.69, 9.17) is 19.3 Å². The lowest BCUT2D eigenvalue weighted by molar-refractivity contribution is 1.64. The first-order chi connectivity index (χ1) is 6.83. The Kier molecular flexibility index (Phi) is 3.63. The van der Waals surface area contributed by atoms with E-state index in [1.807, 2.05) is 18.2 Å². The first kappa shape index (κ1) is 10.2. The molecule has 1 heteroatoms. The Bertz CT molecular complexity index is 417. The highest BCUT2D eigenvalue weighted by molar-refractivity contribution is 6.56. The van der Waals surface area contributed by atoms with Gasteiger partial charge in [-0.25, -0.2) is 0 Å². The summed E-state index contributed by atoms with van der Waals surface area (Å²) >= 11 is 0. The lowest BCUT2D eigenvalue weighted by atomic mass is 10.1. The molecule has 0 aromatic heterocycles. The summed E-state index contributed by atoms with van der Waals surface area (Å²) in [6, 6.07) is 6.52. The maximum Gasteiger partial charge on any atom is 0.0711 e. The molecule has 1 aromatic rings. The minimum absolute atomic E-state index is 0.512. The van der Waals surface area contributed by atoms with E-state index in [0.717, 1.165) is 22.4 Å². The summed E-state index contributed by atoms with van der Waals surface area (Å²) in [4.78, 5) is 0. The van der Waals surface area contributed by atoms with Gasteiger partial charge in [-0.2, -0.15) is 0 Å². The topological polar surface area (TPSA) is 0 Å². The second-order valence-corrected chi connectivity index (χ2v) is 4.53. The molecule has 1 aromatic carbocycles. The maximum atomic E-state index is 5.40. The van der Waals surface area contributed by atoms with Gasteiger partial charge in [0.2, 0.25) is 0 Å². The van der Waals surface area contributed by atoms with Crippen molar-refractivity contribution in [1.82, 2.24) is 0 Å². The molecule has 0 fully saturated rings. The first-order valence-electron chi connectivity index (χ1n) is 4.32. The van der Waals surface area contributed by atoms with E-state index in [2.05, 4.69) is 17.8 Å². The van der Waals surface area contributed by atoms with Crippen LogP contribution in [0.2, 0.25) is 6.04 Å². The third-order valence-electron chi connectivity index (χ3n) is 2.01. The molecule has 0 bridgehead atoms. The largest absolute Gasteiger partial charge is 0.120 e. The summed E-state index contributed by atoms with van der Waals surface area (Å²) in [6.45, 7) is 0. The van der Waals surface area contributed by atoms with Crippen LogP contribution in [-0.4, -0.2) is 9.52 Å². The molecule has 0 saturated carbocycles. The van der Waals surface area contributed by atoms with Gasteiger partial charge >= 0.3 is 0 Å². The molecule has 0 N–H and O–H groups in total. The molecule has 0 heterocycles. The van der Waals surface area contributed by atoms with Gasteiger partial charge < -0.3 is 0 Å². The van der Waals surface area contributed by atoms with Crippen molar-refractivity contribution in [3.05, 3.63) is 29.3 Å². The molecule has 66 valence electrons. The van der Waals surface area contributed by atoms with Crippen molar-refractivity contribution in [2.24, 2.45) is 0 Å². The number of benzene rings is 1. The monoisotopic (exact) mass is 194 g/mol. The van der Waals surface area contributed by atoms with E-state index in [-0.39, 0.29) is 0 Å². The second kappa shape index (κ2) is 4.98. The highest BCUT2D eigenvalue weighted by Gasteiger charge is 2.04. The minimum atomic E-state index is -0.512. The summed E-state index contributed by atoms with van der Waals surface area (Å²) in [7, 11) is -0.512. The molecule has 1 rings (SSSR count). The molecule has 0 amide bonds. The van der Waals surface area contributed by atoms with Crippen LogP contribution in [-0.2, 0) is 0 Å². The van der Waals surface area contributed by atoms with Gasteiger partial charge in [-0.05, 0) is 17.3 Å². The molecule has 0 saturated heterocycles. The number of hydrogen-bond donors (Lipinski definition) is 0. The summed E-state index contributed by atoms with van der Waals surface area (Å²) in [6.07, 6.45) is 16.0. The predicted molar refractivity (Wildman–Crippen MR) is 64.1 cm³/mol. The van der Waals surface area contributed by atoms with E-state index in [0.29, 0.717) is 0 Å². The van der Waals surface area contributed by atoms with Crippen LogP contribution in [0.5, 0.6) is 0 Å². The Labute approximate surface area is 87.6 Å². The van der Waals surface area contributed by atoms with Crippen molar-refractivity contribution in [2.75, 3.05) is 0 Å². The first-order valence-corrected chi connectivity index (χ1v) is 6.02. The Hall–Kier alpha value is -1.88. The maximum absolute atomic E-state index is 5.40. The second-order valence-electron chi connectivity index (χ2n) is 2.82. The molecular weight excluding hydrogens is 184 g/mol. The third-order valence-corrected chi connectivity index (χ3v) is 3.81. The van der Waals surface area contributed by atoms with Crippen molar-refractivity contribution in [2.45, 2.75) is 6.04 Å². The SMILES string of the molecule is C#CC[SiH2]c1c(C#C)cccc1C#C. The van der Waals surface area contributed by atoms with E-state index in [1.165, 1.54) is 0 Å². The van der Waals surface area contributed by atoms with Crippen molar-refractivity contribution in [3.63, 3.8) is 0 Å². The van der Waals surface area contributed by atoms with Crippen LogP contribution in [0.25, 0.3) is 0 Å². The van der Waals surface area contributed by atoms with E-state index in [9.17, 15) is 0 Å². The Morgan fingerprint density at radius 1 is 1.07 bits per heavy atom. The van der Waals surface area contributed by atoms with Crippen LogP contribution in [0.15, 0.2) is 18.2 Å². The summed E-state index contributed by atoms with van der Waals surface area (Å²) in [5, 5.41) is 1.15. The summed E-state index contributed by atoms with van der Waals surface area (Å²) < 4.78 is 0. The third kappa shape index (κ3) is 2.08. The standard InChI is InChI=1S/C13H10Si/c1-4-10-14-13-11(5-2)8-7-9-12(13)6-3/h1-3,7-9H,10,14H2. The predicted octanol–water partition coefficient (Wildman–Crippen LogP) is 0.495. The Morgan fingerprint density at radius 3 is 2.07 bits per heavy atom. The van der Waals surface area contributed by atoms with Gasteiger partial charge in [0.25, 0.3) is 0 Å². The zero-order chi connectivity index (χ0) is 10.4. The zero-order valence-corrected chi connectivity index (χ0v) is 9.29. The quantitative estimate of drug-likeness (QED) is 0.475. The average Bonchev–Trinajstić information content (AvgIpc) is 2.25. The molecule has 0 aliphatic rings. The highest BCUT2D eigenvalue weighted by atomic mass is 28.2. The van der Waals surface area contributed by atoms with Crippen LogP contribution >= 0.6 is 0 Å². The molecule has 0 unspecified atom stereocenters. The highest BCUT2D eigenvalue weighted by Crippen LogP contribution is 2.00. The van der Waals surface area contributed by atoms with Gasteiger partial charge in [0, 0.05) is 17.2 Å². The minimum Gasteiger partial charge on any atom is -0.120 e. The van der Waals surface area contributed by atoms with Gasteiger partial charge in [0.1, 0.15) is 0 Å². The fraction of sp³-hybridized carbons (Fsp3) is 0.0769. The number of terminal acetylenes is 3. The lowest BCUT2D eigenvalue weighted by Gasteiger charge is -2.04. The van der Waals surface area contributed by atoms with Crippen LogP contribution in [0.3, 0.4) is 0 Å². The van der Waals surface area contributed by atoms with Crippen LogP contribution < -0.4 is 5.19 Å². The van der Waals surface area contributed by atoms with Crippen LogP contribution in [0.4, 0.5) is 0 Å². The fourth-order valence-electron chi connectivity index (χ4n) is 1.32. The molecular formula is C13H10Si. The Morgan fingerprint density at radius 2 is 1.64 bits per heavy atom.